The summed E-state index contributed by atoms with van der Waals surface area (Å²) in [5, 5.41) is 10.2. The summed E-state index contributed by atoms with van der Waals surface area (Å²) in [6.07, 6.45) is 1.50. The van der Waals surface area contributed by atoms with Gasteiger partial charge in [-0.2, -0.15) is 4.98 Å². The van der Waals surface area contributed by atoms with Crippen LogP contribution in [0.25, 0.3) is 11.5 Å². The smallest absolute Gasteiger partial charge is 0.273 e. The van der Waals surface area contributed by atoms with Crippen LogP contribution in [0.15, 0.2) is 62.2 Å². The molecule has 1 N–H and O–H groups in total. The molecule has 10 heteroatoms. The summed E-state index contributed by atoms with van der Waals surface area (Å²) in [4.78, 5) is 16.4. The normalized spacial score (nSPS) is 10.7. The molecule has 0 aliphatic heterocycles. The van der Waals surface area contributed by atoms with Gasteiger partial charge in [-0.05, 0) is 36.4 Å². The van der Waals surface area contributed by atoms with Crippen LogP contribution in [0.2, 0.25) is 0 Å². The lowest BCUT2D eigenvalue weighted by molar-refractivity contribution is 0.0937. The van der Waals surface area contributed by atoms with Crippen molar-refractivity contribution in [2.45, 2.75) is 13.2 Å². The maximum absolute atomic E-state index is 12.2. The van der Waals surface area contributed by atoms with Crippen LogP contribution in [-0.2, 0) is 13.2 Å². The molecule has 0 aliphatic carbocycles. The minimum absolute atomic E-state index is 0.0390. The number of ether oxygens (including phenoxy) is 2. The number of rotatable bonds is 8. The Balaban J connectivity index is 1.28. The lowest BCUT2D eigenvalue weighted by Crippen LogP contribution is -2.23. The molecule has 4 aromatic rings. The fourth-order valence-electron chi connectivity index (χ4n) is 2.40. The van der Waals surface area contributed by atoms with Crippen molar-refractivity contribution in [1.82, 2.24) is 20.6 Å². The van der Waals surface area contributed by atoms with E-state index in [1.54, 1.807) is 43.5 Å². The third-order valence-electron chi connectivity index (χ3n) is 3.84. The topological polar surface area (TPSA) is 126 Å². The average Bonchev–Trinajstić information content (AvgIpc) is 3.52. The van der Waals surface area contributed by atoms with E-state index in [2.05, 4.69) is 20.6 Å². The number of hydrogen-bond donors (Lipinski definition) is 1. The number of nitrogens with zero attached hydrogens (tertiary/aromatic N) is 3. The number of carbonyl (C=O) groups is 1. The number of nitrogens with one attached hydrogen (secondary N) is 1. The first kappa shape index (κ1) is 18.3. The quantitative estimate of drug-likeness (QED) is 0.478. The molecule has 0 saturated carbocycles. The zero-order valence-corrected chi connectivity index (χ0v) is 15.3. The molecule has 0 fully saturated rings. The fourth-order valence-corrected chi connectivity index (χ4v) is 2.40. The van der Waals surface area contributed by atoms with Crippen molar-refractivity contribution >= 4 is 5.91 Å². The molecule has 1 aromatic carbocycles. The third-order valence-corrected chi connectivity index (χ3v) is 3.84. The van der Waals surface area contributed by atoms with Crippen molar-refractivity contribution in [2.24, 2.45) is 0 Å². The second-order valence-corrected chi connectivity index (χ2v) is 5.80. The molecule has 3 aromatic heterocycles. The molecule has 148 valence electrons. The Bertz CT molecular complexity index is 1070. The fraction of sp³-hybridized carbons (Fsp3) is 0.158. The van der Waals surface area contributed by atoms with Crippen LogP contribution in [0.5, 0.6) is 11.5 Å². The monoisotopic (exact) mass is 396 g/mol. The summed E-state index contributed by atoms with van der Waals surface area (Å²) in [5.41, 5.74) is 0.110. The van der Waals surface area contributed by atoms with Gasteiger partial charge in [-0.25, -0.2) is 0 Å². The van der Waals surface area contributed by atoms with Gasteiger partial charge in [-0.3, -0.25) is 4.79 Å². The van der Waals surface area contributed by atoms with Crippen LogP contribution in [0.1, 0.15) is 22.2 Å². The van der Waals surface area contributed by atoms with E-state index in [1.807, 2.05) is 0 Å². The molecule has 0 atom stereocenters. The van der Waals surface area contributed by atoms with Gasteiger partial charge in [0.15, 0.2) is 18.1 Å². The molecule has 10 nitrogen and oxygen atoms in total. The molecule has 29 heavy (non-hydrogen) atoms. The van der Waals surface area contributed by atoms with Crippen LogP contribution in [0.3, 0.4) is 0 Å². The van der Waals surface area contributed by atoms with Crippen LogP contribution >= 0.6 is 0 Å². The Morgan fingerprint density at radius 3 is 2.66 bits per heavy atom. The van der Waals surface area contributed by atoms with Crippen molar-refractivity contribution in [1.29, 1.82) is 0 Å². The Hall–Kier alpha value is -4.08. The highest BCUT2D eigenvalue weighted by atomic mass is 16.5. The Morgan fingerprint density at radius 1 is 1.07 bits per heavy atom. The zero-order valence-electron chi connectivity index (χ0n) is 15.3. The molecule has 0 radical (unpaired) electrons. The first-order valence-corrected chi connectivity index (χ1v) is 8.58. The van der Waals surface area contributed by atoms with Gasteiger partial charge in [0.25, 0.3) is 5.91 Å². The van der Waals surface area contributed by atoms with E-state index in [0.29, 0.717) is 23.1 Å². The van der Waals surface area contributed by atoms with E-state index in [1.165, 1.54) is 12.3 Å². The first-order valence-electron chi connectivity index (χ1n) is 8.58. The summed E-state index contributed by atoms with van der Waals surface area (Å²) >= 11 is 0. The number of hydrogen-bond acceptors (Lipinski definition) is 9. The lowest BCUT2D eigenvalue weighted by Gasteiger charge is -2.04. The predicted molar refractivity (Wildman–Crippen MR) is 97.0 cm³/mol. The van der Waals surface area contributed by atoms with Crippen molar-refractivity contribution < 1.29 is 27.7 Å². The van der Waals surface area contributed by atoms with E-state index in [4.69, 9.17) is 22.9 Å². The summed E-state index contributed by atoms with van der Waals surface area (Å²) in [6.45, 7) is 0.164. The number of benzene rings is 1. The molecular weight excluding hydrogens is 380 g/mol. The molecule has 0 saturated heterocycles. The molecule has 0 aliphatic rings. The summed E-state index contributed by atoms with van der Waals surface area (Å²) < 4.78 is 26.1. The minimum atomic E-state index is -0.444. The van der Waals surface area contributed by atoms with Crippen LogP contribution in [0.4, 0.5) is 0 Å². The van der Waals surface area contributed by atoms with Crippen LogP contribution < -0.4 is 14.8 Å². The number of amides is 1. The van der Waals surface area contributed by atoms with E-state index in [0.717, 1.165) is 5.75 Å². The molecule has 0 bridgehead atoms. The van der Waals surface area contributed by atoms with Gasteiger partial charge in [-0.15, -0.1) is 0 Å². The lowest BCUT2D eigenvalue weighted by atomic mass is 10.3. The number of methoxy groups -OCH3 is 1. The third kappa shape index (κ3) is 4.43. The van der Waals surface area contributed by atoms with Crippen molar-refractivity contribution in [3.8, 4) is 23.0 Å². The highest BCUT2D eigenvalue weighted by molar-refractivity contribution is 5.92. The van der Waals surface area contributed by atoms with Crippen molar-refractivity contribution in [3.05, 3.63) is 66.1 Å². The minimum Gasteiger partial charge on any atom is -0.497 e. The molecule has 0 spiro atoms. The van der Waals surface area contributed by atoms with E-state index < -0.39 is 5.91 Å². The first-order chi connectivity index (χ1) is 14.2. The standard InChI is InChI=1S/C19H16N4O6/c1-25-12-4-6-13(7-5-12)27-11-17-21-18(29-23-17)10-20-19(24)14-9-16(28-22-14)15-3-2-8-26-15/h2-9H,10-11H2,1H3,(H,20,24). The van der Waals surface area contributed by atoms with Crippen LogP contribution in [0, 0.1) is 0 Å². The van der Waals surface area contributed by atoms with Gasteiger partial charge in [-0.1, -0.05) is 10.3 Å². The van der Waals surface area contributed by atoms with Gasteiger partial charge in [0.2, 0.25) is 17.5 Å². The number of carbonyl (C=O) groups excluding carboxylic acids is 1. The van der Waals surface area contributed by atoms with E-state index in [-0.39, 0.29) is 24.7 Å². The molecule has 0 unspecified atom stereocenters. The molecule has 1 amide bonds. The maximum Gasteiger partial charge on any atom is 0.273 e. The molecule has 4 rings (SSSR count). The Kier molecular flexibility index (Phi) is 5.23. The second-order valence-electron chi connectivity index (χ2n) is 5.80. The highest BCUT2D eigenvalue weighted by Crippen LogP contribution is 2.20. The number of aromatic nitrogens is 3. The molecular formula is C19H16N4O6. The van der Waals surface area contributed by atoms with Gasteiger partial charge in [0.1, 0.15) is 11.5 Å². The predicted octanol–water partition coefficient (Wildman–Crippen LogP) is 2.84. The van der Waals surface area contributed by atoms with Gasteiger partial charge >= 0.3 is 0 Å². The van der Waals surface area contributed by atoms with E-state index >= 15 is 0 Å². The summed E-state index contributed by atoms with van der Waals surface area (Å²) in [7, 11) is 1.59. The van der Waals surface area contributed by atoms with Gasteiger partial charge in [0, 0.05) is 6.07 Å². The van der Waals surface area contributed by atoms with Gasteiger partial charge in [0.05, 0.1) is 19.9 Å². The van der Waals surface area contributed by atoms with Crippen molar-refractivity contribution in [2.75, 3.05) is 7.11 Å². The van der Waals surface area contributed by atoms with Crippen molar-refractivity contribution in [3.63, 3.8) is 0 Å². The Morgan fingerprint density at radius 2 is 1.90 bits per heavy atom. The zero-order chi connectivity index (χ0) is 20.1. The summed E-state index contributed by atoms with van der Waals surface area (Å²) in [5.74, 6) is 2.36. The summed E-state index contributed by atoms with van der Waals surface area (Å²) in [6, 6.07) is 12.0. The largest absolute Gasteiger partial charge is 0.497 e. The van der Waals surface area contributed by atoms with E-state index in [9.17, 15) is 4.79 Å². The molecule has 3 heterocycles. The highest BCUT2D eigenvalue weighted by Gasteiger charge is 2.16. The SMILES string of the molecule is COc1ccc(OCc2noc(CNC(=O)c3cc(-c4ccco4)on3)n2)cc1. The Labute approximate surface area is 164 Å². The second kappa shape index (κ2) is 8.30. The van der Waals surface area contributed by atoms with Gasteiger partial charge < -0.3 is 28.3 Å². The average molecular weight is 396 g/mol. The van der Waals surface area contributed by atoms with Crippen LogP contribution in [-0.4, -0.2) is 28.3 Å². The maximum atomic E-state index is 12.2. The number of furan rings is 1.